The number of fused-ring (bicyclic) bond motifs is 1. The maximum atomic E-state index is 13.1. The van der Waals surface area contributed by atoms with E-state index in [0.717, 1.165) is 28.1 Å². The summed E-state index contributed by atoms with van der Waals surface area (Å²) in [6.07, 6.45) is 3.80. The molecule has 0 aliphatic rings. The minimum Gasteiger partial charge on any atom is -0.266 e. The van der Waals surface area contributed by atoms with Crippen LogP contribution in [0, 0.1) is 0 Å². The lowest BCUT2D eigenvalue weighted by Gasteiger charge is -2.00. The fraction of sp³-hybridized carbons (Fsp3) is 0. The van der Waals surface area contributed by atoms with E-state index >= 15 is 0 Å². The monoisotopic (exact) mass is 481 g/mol. The molecule has 0 saturated heterocycles. The van der Waals surface area contributed by atoms with E-state index in [1.807, 2.05) is 89.8 Å². The summed E-state index contributed by atoms with van der Waals surface area (Å²) < 4.78 is 3.72. The normalized spacial score (nSPS) is 12.0. The molecular formula is C26H16ClN5OS. The summed E-state index contributed by atoms with van der Waals surface area (Å²) in [5.74, 6) is 0.494. The number of benzene rings is 3. The van der Waals surface area contributed by atoms with E-state index in [1.165, 1.54) is 15.9 Å². The first-order valence-electron chi connectivity index (χ1n) is 10.5. The van der Waals surface area contributed by atoms with Gasteiger partial charge < -0.3 is 0 Å². The Labute approximate surface area is 203 Å². The van der Waals surface area contributed by atoms with Gasteiger partial charge in [0.25, 0.3) is 5.56 Å². The van der Waals surface area contributed by atoms with Gasteiger partial charge in [0.05, 0.1) is 15.9 Å². The molecule has 0 atom stereocenters. The van der Waals surface area contributed by atoms with Crippen LogP contribution in [0.25, 0.3) is 39.4 Å². The van der Waals surface area contributed by atoms with E-state index in [4.69, 9.17) is 16.7 Å². The van der Waals surface area contributed by atoms with Gasteiger partial charge in [-0.3, -0.25) is 4.79 Å². The summed E-state index contributed by atoms with van der Waals surface area (Å²) in [4.78, 5) is 18.2. The zero-order valence-electron chi connectivity index (χ0n) is 17.7. The molecule has 0 aliphatic heterocycles. The van der Waals surface area contributed by atoms with Gasteiger partial charge in [-0.15, -0.1) is 5.10 Å². The first-order valence-corrected chi connectivity index (χ1v) is 11.7. The van der Waals surface area contributed by atoms with E-state index < -0.39 is 0 Å². The van der Waals surface area contributed by atoms with Gasteiger partial charge in [-0.05, 0) is 42.5 Å². The van der Waals surface area contributed by atoms with Gasteiger partial charge >= 0.3 is 0 Å². The maximum Gasteiger partial charge on any atom is 0.291 e. The van der Waals surface area contributed by atoms with Crippen LogP contribution in [-0.4, -0.2) is 24.4 Å². The molecule has 3 heterocycles. The molecule has 0 fully saturated rings. The standard InChI is InChI=1S/C26H16ClN5OS/c27-20-13-11-18(12-14-20)24-28-26-32(30-24)25(33)22(34-26)15-19-16-31(21-9-5-2-6-10-21)29-23(19)17-7-3-1-4-8-17/h1-16H/b22-15+. The van der Waals surface area contributed by atoms with Crippen molar-refractivity contribution < 1.29 is 0 Å². The van der Waals surface area contributed by atoms with Gasteiger partial charge in [-0.25, -0.2) is 4.68 Å². The topological polar surface area (TPSA) is 65.1 Å². The zero-order valence-corrected chi connectivity index (χ0v) is 19.2. The van der Waals surface area contributed by atoms with Gasteiger partial charge in [0.2, 0.25) is 4.96 Å². The van der Waals surface area contributed by atoms with Gasteiger partial charge in [-0.2, -0.15) is 14.6 Å². The Kier molecular flexibility index (Phi) is 5.05. The van der Waals surface area contributed by atoms with Crippen LogP contribution in [0.2, 0.25) is 5.02 Å². The number of aromatic nitrogens is 5. The molecule has 8 heteroatoms. The number of para-hydroxylation sites is 1. The third kappa shape index (κ3) is 3.71. The Balaban J connectivity index is 1.48. The van der Waals surface area contributed by atoms with Crippen LogP contribution in [0.5, 0.6) is 0 Å². The molecule has 0 aliphatic carbocycles. The highest BCUT2D eigenvalue weighted by Crippen LogP contribution is 2.24. The van der Waals surface area contributed by atoms with Gasteiger partial charge in [0.1, 0.15) is 0 Å². The third-order valence-electron chi connectivity index (χ3n) is 5.38. The zero-order chi connectivity index (χ0) is 23.1. The van der Waals surface area contributed by atoms with Gasteiger partial charge in [0, 0.05) is 27.9 Å². The fourth-order valence-corrected chi connectivity index (χ4v) is 4.75. The molecule has 3 aromatic heterocycles. The van der Waals surface area contributed by atoms with Crippen molar-refractivity contribution in [1.82, 2.24) is 24.4 Å². The van der Waals surface area contributed by atoms with Crippen LogP contribution in [0.4, 0.5) is 0 Å². The summed E-state index contributed by atoms with van der Waals surface area (Å²) in [5.41, 5.74) is 4.15. The molecule has 6 nitrogen and oxygen atoms in total. The number of hydrogen-bond acceptors (Lipinski definition) is 5. The SMILES string of the molecule is O=c1/c(=C\c2cn(-c3ccccc3)nc2-c2ccccc2)sc2nc(-c3ccc(Cl)cc3)nn12. The predicted octanol–water partition coefficient (Wildman–Crippen LogP) is 4.87. The van der Waals surface area contributed by atoms with Crippen molar-refractivity contribution in [2.75, 3.05) is 0 Å². The number of halogens is 1. The Morgan fingerprint density at radius 3 is 2.24 bits per heavy atom. The molecule has 0 unspecified atom stereocenters. The molecule has 0 saturated carbocycles. The summed E-state index contributed by atoms with van der Waals surface area (Å²) >= 11 is 7.28. The Morgan fingerprint density at radius 1 is 0.824 bits per heavy atom. The van der Waals surface area contributed by atoms with Crippen LogP contribution >= 0.6 is 22.9 Å². The van der Waals surface area contributed by atoms with Gasteiger partial charge in [0.15, 0.2) is 5.82 Å². The first-order chi connectivity index (χ1) is 16.7. The number of rotatable bonds is 4. The molecule has 0 radical (unpaired) electrons. The highest BCUT2D eigenvalue weighted by Gasteiger charge is 2.15. The highest BCUT2D eigenvalue weighted by molar-refractivity contribution is 7.15. The van der Waals surface area contributed by atoms with Gasteiger partial charge in [-0.1, -0.05) is 71.5 Å². The quantitative estimate of drug-likeness (QED) is 0.360. The predicted molar refractivity (Wildman–Crippen MR) is 135 cm³/mol. The molecule has 0 N–H and O–H groups in total. The third-order valence-corrected chi connectivity index (χ3v) is 6.59. The second-order valence-electron chi connectivity index (χ2n) is 7.63. The molecule has 6 aromatic rings. The van der Waals surface area contributed by atoms with Crippen LogP contribution in [-0.2, 0) is 0 Å². The molecule has 34 heavy (non-hydrogen) atoms. The average molecular weight is 482 g/mol. The number of thiazole rings is 1. The second-order valence-corrected chi connectivity index (χ2v) is 9.08. The molecule has 164 valence electrons. The smallest absolute Gasteiger partial charge is 0.266 e. The van der Waals surface area contributed by atoms with E-state index in [9.17, 15) is 4.79 Å². The first kappa shape index (κ1) is 20.5. The minimum atomic E-state index is -0.209. The van der Waals surface area contributed by atoms with E-state index in [1.54, 1.807) is 12.1 Å². The summed E-state index contributed by atoms with van der Waals surface area (Å²) in [6.45, 7) is 0. The lowest BCUT2D eigenvalue weighted by molar-refractivity contribution is 0.884. The maximum absolute atomic E-state index is 13.1. The van der Waals surface area contributed by atoms with Crippen molar-refractivity contribution in [1.29, 1.82) is 0 Å². The molecule has 0 spiro atoms. The fourth-order valence-electron chi connectivity index (χ4n) is 3.72. The molecule has 3 aromatic carbocycles. The molecule has 0 amide bonds. The van der Waals surface area contributed by atoms with Crippen LogP contribution in [0.1, 0.15) is 5.56 Å². The van der Waals surface area contributed by atoms with Crippen LogP contribution in [0.15, 0.2) is 95.9 Å². The Bertz CT molecular complexity index is 1720. The molecular weight excluding hydrogens is 466 g/mol. The van der Waals surface area contributed by atoms with Crippen molar-refractivity contribution in [3.8, 4) is 28.3 Å². The van der Waals surface area contributed by atoms with E-state index in [-0.39, 0.29) is 5.56 Å². The summed E-state index contributed by atoms with van der Waals surface area (Å²) in [6, 6.07) is 27.0. The Hall–Kier alpha value is -4.07. The Morgan fingerprint density at radius 2 is 1.53 bits per heavy atom. The van der Waals surface area contributed by atoms with Crippen molar-refractivity contribution in [2.45, 2.75) is 0 Å². The second kappa shape index (κ2) is 8.37. The van der Waals surface area contributed by atoms with Crippen molar-refractivity contribution in [2.24, 2.45) is 0 Å². The largest absolute Gasteiger partial charge is 0.291 e. The van der Waals surface area contributed by atoms with Crippen LogP contribution in [0.3, 0.4) is 0 Å². The van der Waals surface area contributed by atoms with E-state index in [0.29, 0.717) is 20.3 Å². The van der Waals surface area contributed by atoms with Crippen molar-refractivity contribution >= 4 is 34.0 Å². The van der Waals surface area contributed by atoms with Crippen molar-refractivity contribution in [3.05, 3.63) is 117 Å². The lowest BCUT2D eigenvalue weighted by Crippen LogP contribution is -2.23. The lowest BCUT2D eigenvalue weighted by atomic mass is 10.1. The molecule has 6 rings (SSSR count). The highest BCUT2D eigenvalue weighted by atomic mass is 35.5. The number of nitrogens with zero attached hydrogens (tertiary/aromatic N) is 5. The number of hydrogen-bond donors (Lipinski definition) is 0. The van der Waals surface area contributed by atoms with Crippen LogP contribution < -0.4 is 10.1 Å². The summed E-state index contributed by atoms with van der Waals surface area (Å²) in [7, 11) is 0. The van der Waals surface area contributed by atoms with E-state index in [2.05, 4.69) is 10.1 Å². The summed E-state index contributed by atoms with van der Waals surface area (Å²) in [5, 5.41) is 9.88. The minimum absolute atomic E-state index is 0.209. The average Bonchev–Trinajstić information content (AvgIpc) is 3.56. The molecule has 0 bridgehead atoms. The van der Waals surface area contributed by atoms with Crippen molar-refractivity contribution in [3.63, 3.8) is 0 Å².